The van der Waals surface area contributed by atoms with E-state index in [1.54, 1.807) is 24.5 Å². The number of fused-ring (bicyclic) bond motifs is 1. The van der Waals surface area contributed by atoms with Crippen molar-refractivity contribution in [1.29, 1.82) is 0 Å². The highest BCUT2D eigenvalue weighted by Crippen LogP contribution is 2.29. The lowest BCUT2D eigenvalue weighted by molar-refractivity contribution is 0.384. The molecular formula is C21H20N4O4S2. The highest BCUT2D eigenvalue weighted by molar-refractivity contribution is 7.89. The van der Waals surface area contributed by atoms with E-state index in [9.17, 15) is 13.2 Å². The van der Waals surface area contributed by atoms with Gasteiger partial charge in [-0.3, -0.25) is 4.57 Å². The smallest absolute Gasteiger partial charge is 0.408 e. The van der Waals surface area contributed by atoms with Crippen LogP contribution in [0.4, 0.5) is 5.13 Å². The van der Waals surface area contributed by atoms with E-state index >= 15 is 0 Å². The number of aryl methyl sites for hydroxylation is 1. The Morgan fingerprint density at radius 3 is 2.52 bits per heavy atom. The summed E-state index contributed by atoms with van der Waals surface area (Å²) in [6.07, 6.45) is 0. The summed E-state index contributed by atoms with van der Waals surface area (Å²) in [6.45, 7) is 1.84. The van der Waals surface area contributed by atoms with Gasteiger partial charge >= 0.3 is 5.76 Å². The average Bonchev–Trinajstić information content (AvgIpc) is 3.39. The zero-order valence-corrected chi connectivity index (χ0v) is 18.4. The predicted molar refractivity (Wildman–Crippen MR) is 120 cm³/mol. The molecule has 0 atom stereocenters. The Morgan fingerprint density at radius 2 is 1.77 bits per heavy atom. The summed E-state index contributed by atoms with van der Waals surface area (Å²) < 4.78 is 34.2. The molecule has 10 heteroatoms. The fourth-order valence-electron chi connectivity index (χ4n) is 3.69. The molecule has 0 bridgehead atoms. The van der Waals surface area contributed by atoms with Crippen LogP contribution >= 0.6 is 11.3 Å². The van der Waals surface area contributed by atoms with Gasteiger partial charge in [0.15, 0.2) is 10.7 Å². The molecule has 1 aliphatic heterocycles. The van der Waals surface area contributed by atoms with Crippen molar-refractivity contribution in [3.63, 3.8) is 0 Å². The second-order valence-electron chi connectivity index (χ2n) is 7.33. The maximum Gasteiger partial charge on any atom is 0.419 e. The van der Waals surface area contributed by atoms with Gasteiger partial charge in [0.2, 0.25) is 10.0 Å². The number of sulfonamides is 1. The van der Waals surface area contributed by atoms with Crippen molar-refractivity contribution in [3.8, 4) is 11.3 Å². The SMILES string of the molecule is Cn1c(=O)oc2cc(S(=O)(=O)N3CCN(c4nc(-c5ccccc5)cs4)CC3)ccc21. The molecule has 1 fully saturated rings. The van der Waals surface area contributed by atoms with Crippen LogP contribution in [-0.4, -0.2) is 48.5 Å². The van der Waals surface area contributed by atoms with Crippen LogP contribution in [0.5, 0.6) is 0 Å². The minimum Gasteiger partial charge on any atom is -0.408 e. The van der Waals surface area contributed by atoms with Crippen molar-refractivity contribution >= 4 is 37.6 Å². The number of hydrogen-bond acceptors (Lipinski definition) is 7. The van der Waals surface area contributed by atoms with Crippen molar-refractivity contribution in [1.82, 2.24) is 13.9 Å². The Labute approximate surface area is 183 Å². The summed E-state index contributed by atoms with van der Waals surface area (Å²) in [6, 6.07) is 14.5. The van der Waals surface area contributed by atoms with Crippen LogP contribution in [-0.2, 0) is 17.1 Å². The van der Waals surface area contributed by atoms with Gasteiger partial charge in [-0.25, -0.2) is 18.2 Å². The summed E-state index contributed by atoms with van der Waals surface area (Å²) in [5.41, 5.74) is 2.82. The topological polar surface area (TPSA) is 88.6 Å². The molecule has 160 valence electrons. The van der Waals surface area contributed by atoms with Gasteiger partial charge in [0.1, 0.15) is 0 Å². The highest BCUT2D eigenvalue weighted by atomic mass is 32.2. The number of thiazole rings is 1. The second kappa shape index (κ2) is 7.63. The number of aromatic nitrogens is 2. The van der Waals surface area contributed by atoms with Gasteiger partial charge in [0.05, 0.1) is 16.1 Å². The predicted octanol–water partition coefficient (Wildman–Crippen LogP) is 2.77. The standard InChI is InChI=1S/C21H20N4O4S2/c1-23-18-8-7-16(13-19(18)29-21(23)26)31(27,28)25-11-9-24(10-12-25)20-22-17(14-30-20)15-5-3-2-4-6-15/h2-8,13-14H,9-12H2,1H3. The zero-order valence-electron chi connectivity index (χ0n) is 16.8. The average molecular weight is 457 g/mol. The van der Waals surface area contributed by atoms with E-state index in [0.29, 0.717) is 31.7 Å². The van der Waals surface area contributed by atoms with Gasteiger partial charge in [-0.15, -0.1) is 11.3 Å². The molecule has 2 aromatic carbocycles. The highest BCUT2D eigenvalue weighted by Gasteiger charge is 2.30. The number of rotatable bonds is 4. The molecule has 5 rings (SSSR count). The summed E-state index contributed by atoms with van der Waals surface area (Å²) in [5.74, 6) is -0.517. The van der Waals surface area contributed by atoms with E-state index in [1.165, 1.54) is 21.0 Å². The molecule has 0 unspecified atom stereocenters. The number of piperazine rings is 1. The zero-order chi connectivity index (χ0) is 21.6. The first-order chi connectivity index (χ1) is 14.9. The van der Waals surface area contributed by atoms with Crippen LogP contribution in [0, 0.1) is 0 Å². The molecule has 31 heavy (non-hydrogen) atoms. The van der Waals surface area contributed by atoms with E-state index in [-0.39, 0.29) is 10.5 Å². The Hall–Kier alpha value is -2.95. The van der Waals surface area contributed by atoms with E-state index in [0.717, 1.165) is 16.4 Å². The summed E-state index contributed by atoms with van der Waals surface area (Å²) >= 11 is 1.56. The van der Waals surface area contributed by atoms with Crippen LogP contribution in [0.1, 0.15) is 0 Å². The van der Waals surface area contributed by atoms with Gasteiger partial charge in [-0.2, -0.15) is 4.31 Å². The summed E-state index contributed by atoms with van der Waals surface area (Å²) in [4.78, 5) is 18.7. The molecule has 3 heterocycles. The van der Waals surface area contributed by atoms with Gasteiger partial charge < -0.3 is 9.32 Å². The van der Waals surface area contributed by atoms with Gasteiger partial charge in [0, 0.05) is 50.2 Å². The molecule has 1 aliphatic rings. The monoisotopic (exact) mass is 456 g/mol. The fourth-order valence-corrected chi connectivity index (χ4v) is 6.02. The molecule has 8 nitrogen and oxygen atoms in total. The molecule has 1 saturated heterocycles. The minimum absolute atomic E-state index is 0.128. The van der Waals surface area contributed by atoms with Crippen molar-refractivity contribution in [2.24, 2.45) is 7.05 Å². The summed E-state index contributed by atoms with van der Waals surface area (Å²) in [7, 11) is -2.10. The van der Waals surface area contributed by atoms with Crippen LogP contribution in [0.2, 0.25) is 0 Å². The fraction of sp³-hybridized carbons (Fsp3) is 0.238. The van der Waals surface area contributed by atoms with Crippen molar-refractivity contribution in [3.05, 3.63) is 64.5 Å². The van der Waals surface area contributed by atoms with E-state index in [4.69, 9.17) is 9.40 Å². The first-order valence-corrected chi connectivity index (χ1v) is 12.1. The third-order valence-corrected chi connectivity index (χ3v) is 8.27. The van der Waals surface area contributed by atoms with Gasteiger partial charge in [-0.05, 0) is 12.1 Å². The molecule has 0 saturated carbocycles. The van der Waals surface area contributed by atoms with E-state index in [2.05, 4.69) is 4.90 Å². The van der Waals surface area contributed by atoms with Crippen molar-refractivity contribution in [2.75, 3.05) is 31.1 Å². The van der Waals surface area contributed by atoms with Crippen molar-refractivity contribution < 1.29 is 12.8 Å². The maximum absolute atomic E-state index is 13.1. The number of nitrogens with zero attached hydrogens (tertiary/aromatic N) is 4. The molecule has 2 aromatic heterocycles. The quantitative estimate of drug-likeness (QED) is 0.469. The molecule has 0 radical (unpaired) electrons. The molecule has 0 amide bonds. The number of benzene rings is 2. The largest absolute Gasteiger partial charge is 0.419 e. The van der Waals surface area contributed by atoms with Crippen LogP contribution in [0.25, 0.3) is 22.4 Å². The number of anilines is 1. The lowest BCUT2D eigenvalue weighted by atomic mass is 10.2. The lowest BCUT2D eigenvalue weighted by Crippen LogP contribution is -2.48. The first-order valence-electron chi connectivity index (χ1n) is 9.79. The maximum atomic E-state index is 13.1. The molecular weight excluding hydrogens is 436 g/mol. The van der Waals surface area contributed by atoms with Crippen LogP contribution in [0.15, 0.2) is 68.0 Å². The van der Waals surface area contributed by atoms with Gasteiger partial charge in [0.25, 0.3) is 0 Å². The van der Waals surface area contributed by atoms with Gasteiger partial charge in [-0.1, -0.05) is 30.3 Å². The summed E-state index contributed by atoms with van der Waals surface area (Å²) in [5, 5.41) is 2.92. The minimum atomic E-state index is -3.68. The Balaban J connectivity index is 1.32. The Kier molecular flexibility index (Phi) is 4.92. The molecule has 0 aliphatic carbocycles. The van der Waals surface area contributed by atoms with E-state index in [1.807, 2.05) is 35.7 Å². The molecule has 0 spiro atoms. The molecule has 0 N–H and O–H groups in total. The Bertz CT molecular complexity index is 1400. The normalized spacial score (nSPS) is 15.6. The molecule has 4 aromatic rings. The third kappa shape index (κ3) is 3.56. The van der Waals surface area contributed by atoms with Crippen LogP contribution < -0.4 is 10.7 Å². The Morgan fingerprint density at radius 1 is 1.03 bits per heavy atom. The van der Waals surface area contributed by atoms with Crippen molar-refractivity contribution in [2.45, 2.75) is 4.90 Å². The lowest BCUT2D eigenvalue weighted by Gasteiger charge is -2.33. The third-order valence-electron chi connectivity index (χ3n) is 5.47. The second-order valence-corrected chi connectivity index (χ2v) is 10.1. The number of hydrogen-bond donors (Lipinski definition) is 0. The van der Waals surface area contributed by atoms with E-state index < -0.39 is 15.8 Å². The number of oxazole rings is 1. The first kappa shape index (κ1) is 20.0. The van der Waals surface area contributed by atoms with Crippen LogP contribution in [0.3, 0.4) is 0 Å².